The standard InChI is InChI=1S/C20H17FN4O/c1-12-22-10-17(11-23-12)20(26)25-19-18(21)8-16(9-24-19)15-4-2-3-14(7-15)13-5-6-13/h2-4,7-11,13H,5-6H2,1H3,(H,24,25,26). The molecule has 2 aromatic heterocycles. The summed E-state index contributed by atoms with van der Waals surface area (Å²) in [7, 11) is 0. The van der Waals surface area contributed by atoms with E-state index in [0.717, 1.165) is 5.56 Å². The molecular formula is C20H17FN4O. The maximum atomic E-state index is 14.4. The lowest BCUT2D eigenvalue weighted by Gasteiger charge is -2.08. The summed E-state index contributed by atoms with van der Waals surface area (Å²) in [5, 5.41) is 2.46. The quantitative estimate of drug-likeness (QED) is 0.770. The van der Waals surface area contributed by atoms with Crippen LogP contribution in [0.15, 0.2) is 48.9 Å². The second kappa shape index (κ2) is 6.63. The van der Waals surface area contributed by atoms with E-state index in [1.54, 1.807) is 13.1 Å². The minimum Gasteiger partial charge on any atom is -0.304 e. The zero-order chi connectivity index (χ0) is 18.1. The molecule has 3 aromatic rings. The fraction of sp³-hybridized carbons (Fsp3) is 0.200. The van der Waals surface area contributed by atoms with E-state index in [1.165, 1.54) is 36.9 Å². The number of amides is 1. The summed E-state index contributed by atoms with van der Waals surface area (Å²) in [6.45, 7) is 1.72. The minimum absolute atomic E-state index is 0.113. The second-order valence-electron chi connectivity index (χ2n) is 6.43. The Bertz CT molecular complexity index is 968. The van der Waals surface area contributed by atoms with Crippen molar-refractivity contribution >= 4 is 11.7 Å². The van der Waals surface area contributed by atoms with Gasteiger partial charge in [0.15, 0.2) is 11.6 Å². The Morgan fingerprint density at radius 1 is 1.08 bits per heavy atom. The van der Waals surface area contributed by atoms with Crippen LogP contribution in [0.5, 0.6) is 0 Å². The van der Waals surface area contributed by atoms with E-state index in [9.17, 15) is 9.18 Å². The van der Waals surface area contributed by atoms with E-state index < -0.39 is 11.7 Å². The molecule has 0 saturated heterocycles. The number of aryl methyl sites for hydroxylation is 1. The molecule has 2 heterocycles. The van der Waals surface area contributed by atoms with Gasteiger partial charge in [0, 0.05) is 24.2 Å². The highest BCUT2D eigenvalue weighted by molar-refractivity contribution is 6.03. The van der Waals surface area contributed by atoms with Crippen LogP contribution in [0.1, 0.15) is 40.5 Å². The van der Waals surface area contributed by atoms with Gasteiger partial charge in [0.1, 0.15) is 5.82 Å². The highest BCUT2D eigenvalue weighted by Gasteiger charge is 2.23. The Labute approximate surface area is 150 Å². The van der Waals surface area contributed by atoms with Crippen LogP contribution in [0.25, 0.3) is 11.1 Å². The monoisotopic (exact) mass is 348 g/mol. The number of pyridine rings is 1. The largest absolute Gasteiger partial charge is 0.304 e. The summed E-state index contributed by atoms with van der Waals surface area (Å²) < 4.78 is 14.4. The number of benzene rings is 1. The third-order valence-electron chi connectivity index (χ3n) is 4.38. The maximum Gasteiger partial charge on any atom is 0.260 e. The number of rotatable bonds is 4. The highest BCUT2D eigenvalue weighted by atomic mass is 19.1. The zero-order valence-corrected chi connectivity index (χ0v) is 14.2. The Morgan fingerprint density at radius 3 is 2.54 bits per heavy atom. The number of aromatic nitrogens is 3. The molecule has 1 fully saturated rings. The van der Waals surface area contributed by atoms with Crippen molar-refractivity contribution in [3.05, 3.63) is 71.7 Å². The topological polar surface area (TPSA) is 67.8 Å². The first-order valence-electron chi connectivity index (χ1n) is 8.46. The lowest BCUT2D eigenvalue weighted by atomic mass is 10.0. The molecule has 0 aliphatic heterocycles. The summed E-state index contributed by atoms with van der Waals surface area (Å²) in [6.07, 6.45) is 6.78. The van der Waals surface area contributed by atoms with Crippen molar-refractivity contribution in [1.82, 2.24) is 15.0 Å². The molecule has 4 rings (SSSR count). The second-order valence-corrected chi connectivity index (χ2v) is 6.43. The van der Waals surface area contributed by atoms with E-state index in [4.69, 9.17) is 0 Å². The van der Waals surface area contributed by atoms with Gasteiger partial charge >= 0.3 is 0 Å². The van der Waals surface area contributed by atoms with Gasteiger partial charge in [0.05, 0.1) is 5.56 Å². The number of hydrogen-bond donors (Lipinski definition) is 1. The molecule has 1 aliphatic rings. The Hall–Kier alpha value is -3.15. The Balaban J connectivity index is 1.55. The Kier molecular flexibility index (Phi) is 4.16. The maximum absolute atomic E-state index is 14.4. The molecule has 0 spiro atoms. The van der Waals surface area contributed by atoms with Gasteiger partial charge in [-0.2, -0.15) is 0 Å². The molecule has 1 aromatic carbocycles. The predicted molar refractivity (Wildman–Crippen MR) is 96.3 cm³/mol. The highest BCUT2D eigenvalue weighted by Crippen LogP contribution is 2.41. The summed E-state index contributed by atoms with van der Waals surface area (Å²) in [6, 6.07) is 9.48. The van der Waals surface area contributed by atoms with Gasteiger partial charge in [-0.05, 0) is 42.9 Å². The van der Waals surface area contributed by atoms with E-state index in [0.29, 0.717) is 17.3 Å². The number of hydrogen-bond acceptors (Lipinski definition) is 4. The fourth-order valence-corrected chi connectivity index (χ4v) is 2.77. The molecule has 0 unspecified atom stereocenters. The predicted octanol–water partition coefficient (Wildman–Crippen LogP) is 4.12. The number of carbonyl (C=O) groups is 1. The van der Waals surface area contributed by atoms with Crippen LogP contribution >= 0.6 is 0 Å². The van der Waals surface area contributed by atoms with Gasteiger partial charge in [0.25, 0.3) is 5.91 Å². The van der Waals surface area contributed by atoms with Crippen LogP contribution < -0.4 is 5.32 Å². The van der Waals surface area contributed by atoms with Crippen LogP contribution in [-0.2, 0) is 0 Å². The van der Waals surface area contributed by atoms with E-state index in [1.807, 2.05) is 12.1 Å². The van der Waals surface area contributed by atoms with Gasteiger partial charge < -0.3 is 5.32 Å². The lowest BCUT2D eigenvalue weighted by molar-refractivity contribution is 0.102. The van der Waals surface area contributed by atoms with Crippen molar-refractivity contribution in [3.8, 4) is 11.1 Å². The Morgan fingerprint density at radius 2 is 1.85 bits per heavy atom. The molecule has 1 saturated carbocycles. The van der Waals surface area contributed by atoms with Crippen LogP contribution in [0, 0.1) is 12.7 Å². The molecule has 0 atom stereocenters. The van der Waals surface area contributed by atoms with Crippen molar-refractivity contribution in [1.29, 1.82) is 0 Å². The van der Waals surface area contributed by atoms with E-state index in [2.05, 4.69) is 32.4 Å². The van der Waals surface area contributed by atoms with Gasteiger partial charge in [-0.1, -0.05) is 24.3 Å². The number of anilines is 1. The summed E-state index contributed by atoms with van der Waals surface area (Å²) in [5.41, 5.74) is 3.13. The van der Waals surface area contributed by atoms with Crippen LogP contribution in [0.2, 0.25) is 0 Å². The van der Waals surface area contributed by atoms with E-state index in [-0.39, 0.29) is 11.4 Å². The molecule has 130 valence electrons. The first kappa shape index (κ1) is 16.3. The van der Waals surface area contributed by atoms with Crippen molar-refractivity contribution in [2.75, 3.05) is 5.32 Å². The van der Waals surface area contributed by atoms with Gasteiger partial charge in [-0.3, -0.25) is 4.79 Å². The number of carbonyl (C=O) groups excluding carboxylic acids is 1. The van der Waals surface area contributed by atoms with Crippen LogP contribution in [-0.4, -0.2) is 20.9 Å². The first-order valence-corrected chi connectivity index (χ1v) is 8.46. The molecule has 0 radical (unpaired) electrons. The number of nitrogens with zero attached hydrogens (tertiary/aromatic N) is 3. The smallest absolute Gasteiger partial charge is 0.260 e. The molecule has 6 heteroatoms. The molecule has 1 N–H and O–H groups in total. The molecule has 0 bridgehead atoms. The average Bonchev–Trinajstić information content (AvgIpc) is 3.49. The summed E-state index contributed by atoms with van der Waals surface area (Å²) in [4.78, 5) is 24.2. The molecule has 5 nitrogen and oxygen atoms in total. The fourth-order valence-electron chi connectivity index (χ4n) is 2.77. The van der Waals surface area contributed by atoms with Gasteiger partial charge in [-0.25, -0.2) is 19.3 Å². The zero-order valence-electron chi connectivity index (χ0n) is 14.2. The number of halogens is 1. The van der Waals surface area contributed by atoms with E-state index >= 15 is 0 Å². The van der Waals surface area contributed by atoms with Crippen LogP contribution in [0.3, 0.4) is 0 Å². The first-order chi connectivity index (χ1) is 12.6. The third kappa shape index (κ3) is 3.44. The van der Waals surface area contributed by atoms with Crippen molar-refractivity contribution in [2.45, 2.75) is 25.7 Å². The third-order valence-corrected chi connectivity index (χ3v) is 4.38. The SMILES string of the molecule is Cc1ncc(C(=O)Nc2ncc(-c3cccc(C4CC4)c3)cc2F)cn1. The summed E-state index contributed by atoms with van der Waals surface area (Å²) >= 11 is 0. The molecular weight excluding hydrogens is 331 g/mol. The van der Waals surface area contributed by atoms with Gasteiger partial charge in [-0.15, -0.1) is 0 Å². The van der Waals surface area contributed by atoms with Crippen LogP contribution in [0.4, 0.5) is 10.2 Å². The molecule has 26 heavy (non-hydrogen) atoms. The molecule has 1 amide bonds. The minimum atomic E-state index is -0.583. The van der Waals surface area contributed by atoms with Crippen molar-refractivity contribution in [2.24, 2.45) is 0 Å². The van der Waals surface area contributed by atoms with Crippen molar-refractivity contribution in [3.63, 3.8) is 0 Å². The average molecular weight is 348 g/mol. The normalized spacial score (nSPS) is 13.5. The summed E-state index contributed by atoms with van der Waals surface area (Å²) in [5.74, 6) is -0.00931. The lowest BCUT2D eigenvalue weighted by Crippen LogP contribution is -2.15. The van der Waals surface area contributed by atoms with Crippen molar-refractivity contribution < 1.29 is 9.18 Å². The van der Waals surface area contributed by atoms with Gasteiger partial charge in [0.2, 0.25) is 0 Å². The number of nitrogens with one attached hydrogen (secondary N) is 1. The molecule has 1 aliphatic carbocycles.